The van der Waals surface area contributed by atoms with Gasteiger partial charge in [-0.25, -0.2) is 4.79 Å². The second-order valence-corrected chi connectivity index (χ2v) is 4.91. The van der Waals surface area contributed by atoms with E-state index in [0.29, 0.717) is 18.1 Å². The number of piperidine rings is 1. The number of halogens is 1. The molecule has 0 aliphatic carbocycles. The van der Waals surface area contributed by atoms with Crippen LogP contribution in [0.25, 0.3) is 0 Å². The minimum atomic E-state index is -0.539. The van der Waals surface area contributed by atoms with Crippen molar-refractivity contribution in [2.45, 2.75) is 19.3 Å². The normalized spacial score (nSPS) is 15.2. The molecule has 0 bridgehead atoms. The molecule has 0 unspecified atom stereocenters. The van der Waals surface area contributed by atoms with Crippen LogP contribution in [-0.4, -0.2) is 37.0 Å². The average molecular weight is 282 g/mol. The lowest BCUT2D eigenvalue weighted by molar-refractivity contribution is 0.0587. The number of benzene rings is 1. The Morgan fingerprint density at radius 3 is 2.53 bits per heavy atom. The van der Waals surface area contributed by atoms with Gasteiger partial charge in [-0.1, -0.05) is 17.7 Å². The first-order chi connectivity index (χ1) is 9.15. The van der Waals surface area contributed by atoms with Crippen molar-refractivity contribution in [2.24, 2.45) is 0 Å². The number of ether oxygens (including phenoxy) is 1. The number of hydrogen-bond donors (Lipinski definition) is 0. The largest absolute Gasteiger partial charge is 0.465 e. The highest BCUT2D eigenvalue weighted by atomic mass is 35.5. The maximum absolute atomic E-state index is 12.5. The number of hydrogen-bond acceptors (Lipinski definition) is 3. The van der Waals surface area contributed by atoms with Crippen LogP contribution >= 0.6 is 11.6 Å². The predicted molar refractivity (Wildman–Crippen MR) is 72.5 cm³/mol. The zero-order chi connectivity index (χ0) is 13.8. The van der Waals surface area contributed by atoms with E-state index in [2.05, 4.69) is 0 Å². The lowest BCUT2D eigenvalue weighted by Crippen LogP contribution is -2.36. The molecule has 0 radical (unpaired) electrons. The second kappa shape index (κ2) is 6.06. The van der Waals surface area contributed by atoms with Crippen molar-refractivity contribution in [3.8, 4) is 0 Å². The van der Waals surface area contributed by atoms with Gasteiger partial charge in [-0.3, -0.25) is 4.79 Å². The van der Waals surface area contributed by atoms with Gasteiger partial charge >= 0.3 is 5.97 Å². The first kappa shape index (κ1) is 13.9. The van der Waals surface area contributed by atoms with E-state index >= 15 is 0 Å². The summed E-state index contributed by atoms with van der Waals surface area (Å²) in [7, 11) is 1.29. The molecule has 1 heterocycles. The molecule has 0 spiro atoms. The Bertz CT molecular complexity index is 495. The highest BCUT2D eigenvalue weighted by Gasteiger charge is 2.25. The van der Waals surface area contributed by atoms with Gasteiger partial charge < -0.3 is 9.64 Å². The summed E-state index contributed by atoms with van der Waals surface area (Å²) >= 11 is 6.09. The van der Waals surface area contributed by atoms with E-state index < -0.39 is 5.97 Å². The van der Waals surface area contributed by atoms with E-state index in [1.165, 1.54) is 7.11 Å². The Kier molecular flexibility index (Phi) is 4.43. The van der Waals surface area contributed by atoms with E-state index in [4.69, 9.17) is 16.3 Å². The van der Waals surface area contributed by atoms with Gasteiger partial charge in [0.25, 0.3) is 5.91 Å². The van der Waals surface area contributed by atoms with E-state index in [1.807, 2.05) is 0 Å². The molecule has 1 aromatic carbocycles. The minimum absolute atomic E-state index is 0.189. The summed E-state index contributed by atoms with van der Waals surface area (Å²) in [4.78, 5) is 26.0. The van der Waals surface area contributed by atoms with Crippen LogP contribution in [0.1, 0.15) is 40.0 Å². The molecule has 5 heteroatoms. The summed E-state index contributed by atoms with van der Waals surface area (Å²) in [5, 5.41) is 0.290. The zero-order valence-corrected chi connectivity index (χ0v) is 11.6. The van der Waals surface area contributed by atoms with Gasteiger partial charge in [0.1, 0.15) is 0 Å². The number of likely N-dealkylation sites (tertiary alicyclic amines) is 1. The summed E-state index contributed by atoms with van der Waals surface area (Å²) in [5.41, 5.74) is 0.475. The van der Waals surface area contributed by atoms with Gasteiger partial charge in [-0.15, -0.1) is 0 Å². The predicted octanol–water partition coefficient (Wildman–Crippen LogP) is 2.75. The number of carbonyl (C=O) groups is 2. The molecule has 0 N–H and O–H groups in total. The van der Waals surface area contributed by atoms with Gasteiger partial charge in [0.2, 0.25) is 0 Å². The van der Waals surface area contributed by atoms with Crippen LogP contribution < -0.4 is 0 Å². The monoisotopic (exact) mass is 281 g/mol. The average Bonchev–Trinajstić information content (AvgIpc) is 2.46. The maximum atomic E-state index is 12.5. The molecule has 0 atom stereocenters. The molecule has 19 heavy (non-hydrogen) atoms. The summed E-state index contributed by atoms with van der Waals surface area (Å²) in [5.74, 6) is -0.728. The van der Waals surface area contributed by atoms with Gasteiger partial charge in [-0.2, -0.15) is 0 Å². The van der Waals surface area contributed by atoms with Crippen LogP contribution in [0.3, 0.4) is 0 Å². The molecule has 1 aromatic rings. The highest BCUT2D eigenvalue weighted by molar-refractivity contribution is 6.34. The molecule has 2 rings (SSSR count). The molecule has 1 amide bonds. The lowest BCUT2D eigenvalue weighted by atomic mass is 10.0. The number of nitrogens with zero attached hydrogens (tertiary/aromatic N) is 1. The first-order valence-electron chi connectivity index (χ1n) is 6.31. The van der Waals surface area contributed by atoms with Crippen LogP contribution in [0.15, 0.2) is 18.2 Å². The third-order valence-electron chi connectivity index (χ3n) is 3.28. The fourth-order valence-corrected chi connectivity index (χ4v) is 2.53. The summed E-state index contributed by atoms with van der Waals surface area (Å²) in [6.45, 7) is 1.43. The second-order valence-electron chi connectivity index (χ2n) is 4.51. The lowest BCUT2D eigenvalue weighted by Gasteiger charge is -2.27. The standard InChI is InChI=1S/C14H16ClNO3/c1-19-14(18)10-6-5-7-11(15)12(10)13(17)16-8-3-2-4-9-16/h5-7H,2-4,8-9H2,1H3. The fraction of sp³-hybridized carbons (Fsp3) is 0.429. The van der Waals surface area contributed by atoms with Crippen molar-refractivity contribution in [1.29, 1.82) is 0 Å². The summed E-state index contributed by atoms with van der Waals surface area (Å²) in [6, 6.07) is 4.82. The van der Waals surface area contributed by atoms with Crippen molar-refractivity contribution < 1.29 is 14.3 Å². The van der Waals surface area contributed by atoms with Crippen molar-refractivity contribution in [3.63, 3.8) is 0 Å². The van der Waals surface area contributed by atoms with Gasteiger partial charge in [-0.05, 0) is 31.4 Å². The highest BCUT2D eigenvalue weighted by Crippen LogP contribution is 2.24. The SMILES string of the molecule is COC(=O)c1cccc(Cl)c1C(=O)N1CCCCC1. The summed E-state index contributed by atoms with van der Waals surface area (Å²) in [6.07, 6.45) is 3.11. The Morgan fingerprint density at radius 1 is 1.21 bits per heavy atom. The molecule has 4 nitrogen and oxygen atoms in total. The minimum Gasteiger partial charge on any atom is -0.465 e. The van der Waals surface area contributed by atoms with Gasteiger partial charge in [0.05, 0.1) is 23.3 Å². The van der Waals surface area contributed by atoms with Crippen LogP contribution in [-0.2, 0) is 4.74 Å². The molecule has 102 valence electrons. The van der Waals surface area contributed by atoms with Gasteiger partial charge in [0.15, 0.2) is 0 Å². The molecular weight excluding hydrogens is 266 g/mol. The smallest absolute Gasteiger partial charge is 0.338 e. The zero-order valence-electron chi connectivity index (χ0n) is 10.8. The van der Waals surface area contributed by atoms with Crippen molar-refractivity contribution in [1.82, 2.24) is 4.90 Å². The Hall–Kier alpha value is -1.55. The number of carbonyl (C=O) groups excluding carboxylic acids is 2. The van der Waals surface area contributed by atoms with Crippen LogP contribution in [0.2, 0.25) is 5.02 Å². The van der Waals surface area contributed by atoms with E-state index in [0.717, 1.165) is 19.3 Å². The van der Waals surface area contributed by atoms with E-state index in [-0.39, 0.29) is 17.0 Å². The molecule has 1 fully saturated rings. The van der Waals surface area contributed by atoms with Crippen molar-refractivity contribution in [2.75, 3.05) is 20.2 Å². The van der Waals surface area contributed by atoms with Gasteiger partial charge in [0, 0.05) is 13.1 Å². The van der Waals surface area contributed by atoms with Crippen molar-refractivity contribution >= 4 is 23.5 Å². The fourth-order valence-electron chi connectivity index (χ4n) is 2.28. The van der Waals surface area contributed by atoms with Crippen LogP contribution in [0, 0.1) is 0 Å². The Balaban J connectivity index is 2.36. The third kappa shape index (κ3) is 2.89. The van der Waals surface area contributed by atoms with Crippen LogP contribution in [0.5, 0.6) is 0 Å². The quantitative estimate of drug-likeness (QED) is 0.783. The number of rotatable bonds is 2. The molecular formula is C14H16ClNO3. The Labute approximate surface area is 117 Å². The topological polar surface area (TPSA) is 46.6 Å². The molecule has 0 saturated carbocycles. The number of methoxy groups -OCH3 is 1. The van der Waals surface area contributed by atoms with Crippen molar-refractivity contribution in [3.05, 3.63) is 34.3 Å². The van der Waals surface area contributed by atoms with E-state index in [9.17, 15) is 9.59 Å². The number of esters is 1. The third-order valence-corrected chi connectivity index (χ3v) is 3.59. The maximum Gasteiger partial charge on any atom is 0.338 e. The molecule has 1 aliphatic rings. The van der Waals surface area contributed by atoms with E-state index in [1.54, 1.807) is 23.1 Å². The Morgan fingerprint density at radius 2 is 1.89 bits per heavy atom. The number of amides is 1. The molecule has 1 saturated heterocycles. The molecule has 1 aliphatic heterocycles. The molecule has 0 aromatic heterocycles. The van der Waals surface area contributed by atoms with Crippen LogP contribution in [0.4, 0.5) is 0 Å². The first-order valence-corrected chi connectivity index (χ1v) is 6.69. The summed E-state index contributed by atoms with van der Waals surface area (Å²) < 4.78 is 4.70.